The molecule has 1 amide bonds. The zero-order chi connectivity index (χ0) is 18.6. The molecule has 6 heteroatoms. The summed E-state index contributed by atoms with van der Waals surface area (Å²) in [6.07, 6.45) is 1.32. The first kappa shape index (κ1) is 18.0. The van der Waals surface area contributed by atoms with Crippen molar-refractivity contribution in [3.8, 4) is 5.75 Å². The van der Waals surface area contributed by atoms with Gasteiger partial charge < -0.3 is 9.64 Å². The number of hydrazine groups is 1. The number of benzene rings is 2. The van der Waals surface area contributed by atoms with Crippen molar-refractivity contribution in [3.05, 3.63) is 65.7 Å². The van der Waals surface area contributed by atoms with E-state index < -0.39 is 0 Å². The van der Waals surface area contributed by atoms with Crippen LogP contribution < -0.4 is 15.6 Å². The van der Waals surface area contributed by atoms with Crippen LogP contribution in [0, 0.1) is 0 Å². The molecule has 4 rings (SSSR count). The molecule has 0 aliphatic carbocycles. The van der Waals surface area contributed by atoms with Crippen molar-refractivity contribution < 1.29 is 9.53 Å². The van der Waals surface area contributed by atoms with Crippen molar-refractivity contribution in [2.24, 2.45) is 0 Å². The molecular weight excluding hydrogens is 340 g/mol. The number of hydrogen-bond donors (Lipinski definition) is 2. The normalized spacial score (nSPS) is 23.4. The number of methoxy groups -OCH3 is 1. The van der Waals surface area contributed by atoms with E-state index in [0.717, 1.165) is 38.3 Å². The predicted molar refractivity (Wildman–Crippen MR) is 104 cm³/mol. The molecule has 0 radical (unpaired) electrons. The number of nitrogens with one attached hydrogen (secondary N) is 2. The summed E-state index contributed by atoms with van der Waals surface area (Å²) in [5.41, 5.74) is 8.85. The lowest BCUT2D eigenvalue weighted by Gasteiger charge is -2.37. The van der Waals surface area contributed by atoms with E-state index in [2.05, 4.69) is 40.0 Å². The quantitative estimate of drug-likeness (QED) is 0.867. The van der Waals surface area contributed by atoms with E-state index in [1.807, 2.05) is 35.2 Å². The van der Waals surface area contributed by atoms with Crippen molar-refractivity contribution in [3.63, 3.8) is 0 Å². The smallest absolute Gasteiger partial charge is 0.253 e. The summed E-state index contributed by atoms with van der Waals surface area (Å²) in [5, 5.41) is 0. The van der Waals surface area contributed by atoms with Gasteiger partial charge in [0.25, 0.3) is 5.91 Å². The Kier molecular flexibility index (Phi) is 5.38. The molecule has 0 saturated carbocycles. The topological polar surface area (TPSA) is 56.8 Å². The van der Waals surface area contributed by atoms with Crippen LogP contribution in [-0.2, 0) is 0 Å². The molecule has 0 bridgehead atoms. The lowest BCUT2D eigenvalue weighted by Crippen LogP contribution is -2.55. The van der Waals surface area contributed by atoms with Gasteiger partial charge in [0.05, 0.1) is 13.3 Å². The third-order valence-corrected chi connectivity index (χ3v) is 5.46. The van der Waals surface area contributed by atoms with Crippen molar-refractivity contribution in [2.75, 3.05) is 33.3 Å². The number of ether oxygens (including phenoxy) is 1. The Balaban J connectivity index is 1.30. The molecule has 2 atom stereocenters. The summed E-state index contributed by atoms with van der Waals surface area (Å²) in [4.78, 5) is 17.1. The van der Waals surface area contributed by atoms with Crippen LogP contribution in [0.5, 0.6) is 5.75 Å². The molecule has 6 nitrogen and oxygen atoms in total. The highest BCUT2D eigenvalue weighted by molar-refractivity contribution is 5.94. The Morgan fingerprint density at radius 1 is 0.963 bits per heavy atom. The zero-order valence-corrected chi connectivity index (χ0v) is 15.6. The number of hydrogen-bond acceptors (Lipinski definition) is 5. The first-order valence-electron chi connectivity index (χ1n) is 9.48. The Bertz CT molecular complexity index is 758. The summed E-state index contributed by atoms with van der Waals surface area (Å²) < 4.78 is 5.16. The van der Waals surface area contributed by atoms with Gasteiger partial charge in [0.2, 0.25) is 0 Å². The van der Waals surface area contributed by atoms with Crippen LogP contribution in [0.4, 0.5) is 0 Å². The highest BCUT2D eigenvalue weighted by Crippen LogP contribution is 2.24. The molecule has 2 unspecified atom stereocenters. The lowest BCUT2D eigenvalue weighted by molar-refractivity contribution is 0.0545. The zero-order valence-electron chi connectivity index (χ0n) is 15.6. The van der Waals surface area contributed by atoms with Crippen molar-refractivity contribution in [1.82, 2.24) is 20.7 Å². The van der Waals surface area contributed by atoms with Gasteiger partial charge >= 0.3 is 0 Å². The minimum Gasteiger partial charge on any atom is -0.497 e. The van der Waals surface area contributed by atoms with Gasteiger partial charge in [-0.15, -0.1) is 0 Å². The maximum atomic E-state index is 12.7. The average Bonchev–Trinajstić information content (AvgIpc) is 3.24. The summed E-state index contributed by atoms with van der Waals surface area (Å²) >= 11 is 0. The number of piperazine rings is 1. The van der Waals surface area contributed by atoms with Gasteiger partial charge in [0.1, 0.15) is 5.75 Å². The van der Waals surface area contributed by atoms with Crippen LogP contribution in [0.2, 0.25) is 0 Å². The van der Waals surface area contributed by atoms with Crippen LogP contribution in [-0.4, -0.2) is 55.2 Å². The molecule has 2 aromatic carbocycles. The molecule has 2 aromatic rings. The first-order valence-corrected chi connectivity index (χ1v) is 9.48. The fourth-order valence-electron chi connectivity index (χ4n) is 3.84. The number of amides is 1. The van der Waals surface area contributed by atoms with Crippen LogP contribution in [0.3, 0.4) is 0 Å². The van der Waals surface area contributed by atoms with E-state index in [-0.39, 0.29) is 5.91 Å². The van der Waals surface area contributed by atoms with Crippen LogP contribution in [0.1, 0.15) is 28.4 Å². The van der Waals surface area contributed by atoms with Gasteiger partial charge in [0, 0.05) is 37.8 Å². The molecular formula is C21H26N4O2. The van der Waals surface area contributed by atoms with E-state index in [0.29, 0.717) is 17.8 Å². The molecule has 0 aromatic heterocycles. The highest BCUT2D eigenvalue weighted by atomic mass is 16.5. The Morgan fingerprint density at radius 3 is 2.33 bits per heavy atom. The second-order valence-corrected chi connectivity index (χ2v) is 7.06. The van der Waals surface area contributed by atoms with Crippen molar-refractivity contribution in [2.45, 2.75) is 18.6 Å². The molecule has 2 aliphatic heterocycles. The fraction of sp³-hybridized carbons (Fsp3) is 0.381. The number of rotatable bonds is 4. The molecule has 27 heavy (non-hydrogen) atoms. The van der Waals surface area contributed by atoms with Crippen LogP contribution in [0.15, 0.2) is 54.6 Å². The molecule has 2 N–H and O–H groups in total. The Hall–Kier alpha value is -2.41. The predicted octanol–water partition coefficient (Wildman–Crippen LogP) is 2.02. The molecule has 142 valence electrons. The second-order valence-electron chi connectivity index (χ2n) is 7.06. The van der Waals surface area contributed by atoms with Crippen LogP contribution >= 0.6 is 0 Å². The van der Waals surface area contributed by atoms with Crippen LogP contribution in [0.25, 0.3) is 0 Å². The minimum atomic E-state index is 0.0944. The lowest BCUT2D eigenvalue weighted by atomic mass is 10.0. The highest BCUT2D eigenvalue weighted by Gasteiger charge is 2.32. The second kappa shape index (κ2) is 8.08. The van der Waals surface area contributed by atoms with Gasteiger partial charge in [0.15, 0.2) is 0 Å². The monoisotopic (exact) mass is 366 g/mol. The summed E-state index contributed by atoms with van der Waals surface area (Å²) in [6, 6.07) is 18.2. The number of carbonyl (C=O) groups is 1. The van der Waals surface area contributed by atoms with Gasteiger partial charge in [-0.05, 0) is 36.2 Å². The Labute approximate surface area is 160 Å². The maximum absolute atomic E-state index is 12.7. The van der Waals surface area contributed by atoms with Crippen molar-refractivity contribution in [1.29, 1.82) is 0 Å². The molecule has 2 aliphatic rings. The van der Waals surface area contributed by atoms with Crippen molar-refractivity contribution >= 4 is 5.91 Å². The Morgan fingerprint density at radius 2 is 1.67 bits per heavy atom. The SMILES string of the molecule is COc1ccc(C(=O)N2CCN(C3CC(c4ccccc4)NN3)CC2)cc1. The third kappa shape index (κ3) is 3.98. The fourth-order valence-corrected chi connectivity index (χ4v) is 3.84. The number of carbonyl (C=O) groups excluding carboxylic acids is 1. The standard InChI is InChI=1S/C21H26N4O2/c1-27-18-9-7-17(8-10-18)21(26)25-13-11-24(12-14-25)20-15-19(22-23-20)16-5-3-2-4-6-16/h2-10,19-20,22-23H,11-15H2,1H3. The van der Waals surface area contributed by atoms with E-state index in [9.17, 15) is 4.79 Å². The van der Waals surface area contributed by atoms with Gasteiger partial charge in [-0.25, -0.2) is 10.9 Å². The number of nitrogens with zero attached hydrogens (tertiary/aromatic N) is 2. The summed E-state index contributed by atoms with van der Waals surface area (Å²) in [7, 11) is 1.63. The first-order chi connectivity index (χ1) is 13.2. The average molecular weight is 366 g/mol. The molecule has 2 fully saturated rings. The third-order valence-electron chi connectivity index (χ3n) is 5.46. The summed E-state index contributed by atoms with van der Waals surface area (Å²) in [6.45, 7) is 3.25. The van der Waals surface area contributed by atoms with Gasteiger partial charge in [-0.3, -0.25) is 9.69 Å². The largest absolute Gasteiger partial charge is 0.497 e. The van der Waals surface area contributed by atoms with E-state index in [1.54, 1.807) is 7.11 Å². The van der Waals surface area contributed by atoms with Gasteiger partial charge in [-0.1, -0.05) is 30.3 Å². The summed E-state index contributed by atoms with van der Waals surface area (Å²) in [5.74, 6) is 0.862. The maximum Gasteiger partial charge on any atom is 0.253 e. The minimum absolute atomic E-state index is 0.0944. The molecule has 2 saturated heterocycles. The van der Waals surface area contributed by atoms with E-state index in [4.69, 9.17) is 4.74 Å². The van der Waals surface area contributed by atoms with E-state index in [1.165, 1.54) is 5.56 Å². The molecule has 0 spiro atoms. The van der Waals surface area contributed by atoms with Gasteiger partial charge in [-0.2, -0.15) is 0 Å². The van der Waals surface area contributed by atoms with E-state index >= 15 is 0 Å². The molecule has 2 heterocycles.